The number of methoxy groups -OCH3 is 1. The number of hydrogen-bond acceptors (Lipinski definition) is 4. The van der Waals surface area contributed by atoms with Crippen molar-refractivity contribution in [3.63, 3.8) is 0 Å². The minimum Gasteiger partial charge on any atom is -0.506 e. The quantitative estimate of drug-likeness (QED) is 0.399. The number of halogens is 1. The van der Waals surface area contributed by atoms with Gasteiger partial charge in [-0.2, -0.15) is 0 Å². The lowest BCUT2D eigenvalue weighted by atomic mass is 10.1. The normalized spacial score (nSPS) is 12.7. The largest absolute Gasteiger partial charge is 0.506 e. The van der Waals surface area contributed by atoms with E-state index in [-0.39, 0.29) is 17.4 Å². The highest BCUT2D eigenvalue weighted by molar-refractivity contribution is 9.10. The second kappa shape index (κ2) is 7.09. The number of aliphatic imine (C=N–C) groups is 1. The number of nitrogens with zero attached hydrogens (tertiary/aromatic N) is 1. The molecule has 0 spiro atoms. The van der Waals surface area contributed by atoms with Crippen molar-refractivity contribution in [2.45, 2.75) is 19.9 Å². The van der Waals surface area contributed by atoms with E-state index in [1.807, 2.05) is 19.9 Å². The second-order valence-electron chi connectivity index (χ2n) is 4.14. The standard InChI is InChI=1S/C14H16BrNO3/c1-9(2)16-8-12(14(18)19-3)13(17)10-5-4-6-11(15)7-10/h4-9,17H,1-3H3. The molecule has 1 aromatic carbocycles. The van der Waals surface area contributed by atoms with E-state index in [2.05, 4.69) is 25.7 Å². The molecule has 0 amide bonds. The molecule has 0 heterocycles. The van der Waals surface area contributed by atoms with Gasteiger partial charge in [0.15, 0.2) is 0 Å². The van der Waals surface area contributed by atoms with Gasteiger partial charge in [0, 0.05) is 22.3 Å². The first kappa shape index (κ1) is 15.4. The van der Waals surface area contributed by atoms with Crippen LogP contribution in [0.25, 0.3) is 5.76 Å². The molecule has 0 saturated carbocycles. The Balaban J connectivity index is 3.27. The summed E-state index contributed by atoms with van der Waals surface area (Å²) in [5, 5.41) is 10.2. The second-order valence-corrected chi connectivity index (χ2v) is 5.05. The fraction of sp³-hybridized carbons (Fsp3) is 0.286. The average Bonchev–Trinajstić information content (AvgIpc) is 2.38. The van der Waals surface area contributed by atoms with Gasteiger partial charge in [-0.05, 0) is 26.0 Å². The molecule has 0 fully saturated rings. The Bertz CT molecular complexity index is 521. The minimum atomic E-state index is -0.623. The predicted octanol–water partition coefficient (Wildman–Crippen LogP) is 3.37. The molecule has 5 heteroatoms. The molecule has 0 bridgehead atoms. The number of carbonyl (C=O) groups excluding carboxylic acids is 1. The summed E-state index contributed by atoms with van der Waals surface area (Å²) in [6.45, 7) is 3.75. The number of aliphatic hydroxyl groups excluding tert-OH is 1. The smallest absolute Gasteiger partial charge is 0.343 e. The number of hydrogen-bond donors (Lipinski definition) is 1. The van der Waals surface area contributed by atoms with Gasteiger partial charge in [-0.15, -0.1) is 0 Å². The van der Waals surface area contributed by atoms with Gasteiger partial charge < -0.3 is 9.84 Å². The Hall–Kier alpha value is -1.62. The van der Waals surface area contributed by atoms with Crippen LogP contribution < -0.4 is 0 Å². The van der Waals surface area contributed by atoms with Gasteiger partial charge in [0.2, 0.25) is 0 Å². The average molecular weight is 326 g/mol. The Morgan fingerprint density at radius 3 is 2.68 bits per heavy atom. The van der Waals surface area contributed by atoms with Crippen LogP contribution in [0.2, 0.25) is 0 Å². The molecule has 1 aromatic rings. The number of carbonyl (C=O) groups is 1. The first-order valence-corrected chi connectivity index (χ1v) is 6.55. The van der Waals surface area contributed by atoms with Crippen LogP contribution in [-0.4, -0.2) is 30.4 Å². The van der Waals surface area contributed by atoms with E-state index in [1.165, 1.54) is 13.3 Å². The fourth-order valence-electron chi connectivity index (χ4n) is 1.34. The van der Waals surface area contributed by atoms with Crippen LogP contribution in [0.4, 0.5) is 0 Å². The van der Waals surface area contributed by atoms with Gasteiger partial charge >= 0.3 is 5.97 Å². The van der Waals surface area contributed by atoms with E-state index in [1.54, 1.807) is 18.2 Å². The monoisotopic (exact) mass is 325 g/mol. The maximum Gasteiger partial charge on any atom is 0.343 e. The van der Waals surface area contributed by atoms with Crippen LogP contribution >= 0.6 is 15.9 Å². The molecule has 0 unspecified atom stereocenters. The Kier molecular flexibility index (Phi) is 5.76. The lowest BCUT2D eigenvalue weighted by Gasteiger charge is -2.06. The highest BCUT2D eigenvalue weighted by Crippen LogP contribution is 2.20. The predicted molar refractivity (Wildman–Crippen MR) is 79.3 cm³/mol. The van der Waals surface area contributed by atoms with E-state index in [0.717, 1.165) is 4.47 Å². The lowest BCUT2D eigenvalue weighted by molar-refractivity contribution is -0.135. The first-order valence-electron chi connectivity index (χ1n) is 5.76. The van der Waals surface area contributed by atoms with E-state index in [4.69, 9.17) is 0 Å². The molecule has 19 heavy (non-hydrogen) atoms. The van der Waals surface area contributed by atoms with Crippen molar-refractivity contribution in [1.82, 2.24) is 0 Å². The Labute approximate surface area is 120 Å². The van der Waals surface area contributed by atoms with Crippen LogP contribution in [0.1, 0.15) is 19.4 Å². The number of aliphatic hydroxyl groups is 1. The van der Waals surface area contributed by atoms with Crippen molar-refractivity contribution in [2.24, 2.45) is 4.99 Å². The first-order chi connectivity index (χ1) is 8.95. The van der Waals surface area contributed by atoms with E-state index >= 15 is 0 Å². The minimum absolute atomic E-state index is 0.0231. The number of esters is 1. The molecule has 0 aromatic heterocycles. The van der Waals surface area contributed by atoms with Gasteiger partial charge in [0.05, 0.1) is 7.11 Å². The molecule has 0 aliphatic carbocycles. The summed E-state index contributed by atoms with van der Waals surface area (Å²) in [4.78, 5) is 15.8. The fourth-order valence-corrected chi connectivity index (χ4v) is 1.73. The van der Waals surface area contributed by atoms with E-state index in [9.17, 15) is 9.90 Å². The van der Waals surface area contributed by atoms with E-state index in [0.29, 0.717) is 5.56 Å². The summed E-state index contributed by atoms with van der Waals surface area (Å²) in [7, 11) is 1.26. The Morgan fingerprint density at radius 2 is 2.16 bits per heavy atom. The zero-order valence-corrected chi connectivity index (χ0v) is 12.6. The zero-order chi connectivity index (χ0) is 14.4. The van der Waals surface area contributed by atoms with Gasteiger partial charge in [0.1, 0.15) is 11.3 Å². The molecular formula is C14H16BrNO3. The molecule has 4 nitrogen and oxygen atoms in total. The van der Waals surface area contributed by atoms with Gasteiger partial charge in [-0.3, -0.25) is 4.99 Å². The highest BCUT2D eigenvalue weighted by atomic mass is 79.9. The van der Waals surface area contributed by atoms with Crippen LogP contribution in [-0.2, 0) is 9.53 Å². The number of benzene rings is 1. The van der Waals surface area contributed by atoms with Crippen LogP contribution in [0, 0.1) is 0 Å². The molecule has 0 atom stereocenters. The molecule has 0 radical (unpaired) electrons. The Morgan fingerprint density at radius 1 is 1.47 bits per heavy atom. The van der Waals surface area contributed by atoms with Crippen molar-refractivity contribution in [3.05, 3.63) is 39.9 Å². The highest BCUT2D eigenvalue weighted by Gasteiger charge is 2.15. The molecule has 1 N–H and O–H groups in total. The van der Waals surface area contributed by atoms with Crippen LogP contribution in [0.3, 0.4) is 0 Å². The SMILES string of the molecule is COC(=O)C(C=NC(C)C)=C(O)c1cccc(Br)c1. The zero-order valence-electron chi connectivity index (χ0n) is 11.1. The topological polar surface area (TPSA) is 58.9 Å². The third-order valence-electron chi connectivity index (χ3n) is 2.26. The molecule has 0 aliphatic rings. The lowest BCUT2D eigenvalue weighted by Crippen LogP contribution is -2.10. The molecular weight excluding hydrogens is 310 g/mol. The van der Waals surface area contributed by atoms with Crippen molar-refractivity contribution >= 4 is 33.9 Å². The van der Waals surface area contributed by atoms with E-state index < -0.39 is 5.97 Å². The number of ether oxygens (including phenoxy) is 1. The molecule has 102 valence electrons. The summed E-state index contributed by atoms with van der Waals surface area (Å²) in [5.41, 5.74) is 0.555. The van der Waals surface area contributed by atoms with Gasteiger partial charge in [-0.25, -0.2) is 4.79 Å². The van der Waals surface area contributed by atoms with Crippen LogP contribution in [0.5, 0.6) is 0 Å². The van der Waals surface area contributed by atoms with Crippen molar-refractivity contribution in [1.29, 1.82) is 0 Å². The summed E-state index contributed by atoms with van der Waals surface area (Å²) in [5.74, 6) is -0.778. The van der Waals surface area contributed by atoms with Crippen molar-refractivity contribution < 1.29 is 14.6 Å². The number of rotatable bonds is 4. The third kappa shape index (κ3) is 4.52. The third-order valence-corrected chi connectivity index (χ3v) is 2.75. The van der Waals surface area contributed by atoms with Crippen molar-refractivity contribution in [3.8, 4) is 0 Å². The molecule has 1 rings (SSSR count). The summed E-state index contributed by atoms with van der Waals surface area (Å²) >= 11 is 3.31. The molecule has 0 aliphatic heterocycles. The van der Waals surface area contributed by atoms with Crippen LogP contribution in [0.15, 0.2) is 39.3 Å². The summed E-state index contributed by atoms with van der Waals surface area (Å²) in [6, 6.07) is 7.03. The summed E-state index contributed by atoms with van der Waals surface area (Å²) in [6.07, 6.45) is 1.34. The molecule has 0 saturated heterocycles. The van der Waals surface area contributed by atoms with Gasteiger partial charge in [0.25, 0.3) is 0 Å². The van der Waals surface area contributed by atoms with Crippen molar-refractivity contribution in [2.75, 3.05) is 7.11 Å². The maximum absolute atomic E-state index is 11.7. The van der Waals surface area contributed by atoms with Gasteiger partial charge in [-0.1, -0.05) is 28.1 Å². The maximum atomic E-state index is 11.7. The summed E-state index contributed by atoms with van der Waals surface area (Å²) < 4.78 is 5.46.